The number of rotatable bonds is 3. The monoisotopic (exact) mass is 278 g/mol. The number of fused-ring (bicyclic) bond motifs is 1. The van der Waals surface area contributed by atoms with E-state index < -0.39 is 0 Å². The van der Waals surface area contributed by atoms with Gasteiger partial charge in [0.05, 0.1) is 0 Å². The zero-order chi connectivity index (χ0) is 14.5. The molecule has 0 saturated heterocycles. The summed E-state index contributed by atoms with van der Waals surface area (Å²) in [4.78, 5) is 0. The van der Waals surface area contributed by atoms with Crippen LogP contribution in [0.3, 0.4) is 0 Å². The summed E-state index contributed by atoms with van der Waals surface area (Å²) in [5, 5.41) is 8.66. The van der Waals surface area contributed by atoms with Gasteiger partial charge in [-0.25, -0.2) is 0 Å². The standard InChI is InChI=1S/C19H18O2/c20-12-2-3-15-7-10-19(11-8-15)21-14-16-6-9-17-4-1-5-18(17)13-16/h6-11,13,20H,1,4-5,12,14H2. The second-order valence-corrected chi connectivity index (χ2v) is 5.23. The van der Waals surface area contributed by atoms with Gasteiger partial charge in [0.1, 0.15) is 19.0 Å². The highest BCUT2D eigenvalue weighted by Crippen LogP contribution is 2.23. The van der Waals surface area contributed by atoms with Crippen molar-refractivity contribution in [2.75, 3.05) is 6.61 Å². The molecular formula is C19H18O2. The van der Waals surface area contributed by atoms with E-state index in [4.69, 9.17) is 9.84 Å². The van der Waals surface area contributed by atoms with Crippen LogP contribution in [-0.4, -0.2) is 11.7 Å². The van der Waals surface area contributed by atoms with Crippen LogP contribution in [0.2, 0.25) is 0 Å². The van der Waals surface area contributed by atoms with E-state index in [0.717, 1.165) is 11.3 Å². The van der Waals surface area contributed by atoms with Gasteiger partial charge >= 0.3 is 0 Å². The molecule has 106 valence electrons. The van der Waals surface area contributed by atoms with Gasteiger partial charge in [-0.05, 0) is 60.2 Å². The molecule has 0 amide bonds. The van der Waals surface area contributed by atoms with Crippen molar-refractivity contribution < 1.29 is 9.84 Å². The number of ether oxygens (including phenoxy) is 1. The van der Waals surface area contributed by atoms with Gasteiger partial charge in [0.2, 0.25) is 0 Å². The number of aliphatic hydroxyl groups excluding tert-OH is 1. The molecule has 0 bridgehead atoms. The normalized spacial score (nSPS) is 12.4. The number of aryl methyl sites for hydroxylation is 2. The van der Waals surface area contributed by atoms with Crippen LogP contribution < -0.4 is 4.74 Å². The van der Waals surface area contributed by atoms with Crippen molar-refractivity contribution in [1.29, 1.82) is 0 Å². The number of benzene rings is 2. The zero-order valence-corrected chi connectivity index (χ0v) is 11.9. The van der Waals surface area contributed by atoms with E-state index >= 15 is 0 Å². The van der Waals surface area contributed by atoms with Crippen LogP contribution in [-0.2, 0) is 19.4 Å². The summed E-state index contributed by atoms with van der Waals surface area (Å²) in [6.07, 6.45) is 3.68. The maximum absolute atomic E-state index is 8.66. The SMILES string of the molecule is OCC#Cc1ccc(OCc2ccc3c(c2)CCC3)cc1. The van der Waals surface area contributed by atoms with Crippen LogP contribution in [0.4, 0.5) is 0 Å². The van der Waals surface area contributed by atoms with Crippen molar-refractivity contribution in [3.63, 3.8) is 0 Å². The molecule has 21 heavy (non-hydrogen) atoms. The van der Waals surface area contributed by atoms with Crippen molar-refractivity contribution in [1.82, 2.24) is 0 Å². The maximum Gasteiger partial charge on any atom is 0.119 e. The molecule has 0 aromatic heterocycles. The minimum atomic E-state index is -0.115. The quantitative estimate of drug-likeness (QED) is 0.874. The molecule has 2 aromatic carbocycles. The molecular weight excluding hydrogens is 260 g/mol. The smallest absolute Gasteiger partial charge is 0.119 e. The molecule has 0 radical (unpaired) electrons. The largest absolute Gasteiger partial charge is 0.489 e. The van der Waals surface area contributed by atoms with Gasteiger partial charge < -0.3 is 9.84 Å². The fraction of sp³-hybridized carbons (Fsp3) is 0.263. The van der Waals surface area contributed by atoms with Gasteiger partial charge in [-0.3, -0.25) is 0 Å². The lowest BCUT2D eigenvalue weighted by molar-refractivity contribution is 0.306. The Labute approximate surface area is 125 Å². The van der Waals surface area contributed by atoms with E-state index in [1.807, 2.05) is 24.3 Å². The lowest BCUT2D eigenvalue weighted by Crippen LogP contribution is -1.96. The van der Waals surface area contributed by atoms with Crippen LogP contribution in [0.25, 0.3) is 0 Å². The Morgan fingerprint density at radius 2 is 1.81 bits per heavy atom. The van der Waals surface area contributed by atoms with Crippen molar-refractivity contribution >= 4 is 0 Å². The summed E-state index contributed by atoms with van der Waals surface area (Å²) >= 11 is 0. The molecule has 1 N–H and O–H groups in total. The molecule has 2 aromatic rings. The molecule has 0 fully saturated rings. The summed E-state index contributed by atoms with van der Waals surface area (Å²) in [5.74, 6) is 6.34. The average molecular weight is 278 g/mol. The van der Waals surface area contributed by atoms with Crippen molar-refractivity contribution in [3.05, 3.63) is 64.7 Å². The van der Waals surface area contributed by atoms with E-state index in [9.17, 15) is 0 Å². The third-order valence-electron chi connectivity index (χ3n) is 3.73. The molecule has 1 aliphatic carbocycles. The van der Waals surface area contributed by atoms with Crippen LogP contribution >= 0.6 is 0 Å². The summed E-state index contributed by atoms with van der Waals surface area (Å²) in [7, 11) is 0. The van der Waals surface area contributed by atoms with Crippen molar-refractivity contribution in [2.24, 2.45) is 0 Å². The summed E-state index contributed by atoms with van der Waals surface area (Å²) in [5.41, 5.74) is 5.07. The molecule has 3 rings (SSSR count). The number of hydrogen-bond donors (Lipinski definition) is 1. The van der Waals surface area contributed by atoms with Gasteiger partial charge in [-0.15, -0.1) is 0 Å². The molecule has 0 unspecified atom stereocenters. The zero-order valence-electron chi connectivity index (χ0n) is 11.9. The Balaban J connectivity index is 1.62. The van der Waals surface area contributed by atoms with Crippen LogP contribution in [0.5, 0.6) is 5.75 Å². The Morgan fingerprint density at radius 1 is 1.00 bits per heavy atom. The molecule has 0 saturated carbocycles. The van der Waals surface area contributed by atoms with E-state index in [0.29, 0.717) is 6.61 Å². The van der Waals surface area contributed by atoms with E-state index in [1.54, 1.807) is 0 Å². The highest BCUT2D eigenvalue weighted by Gasteiger charge is 2.10. The molecule has 1 aliphatic rings. The minimum absolute atomic E-state index is 0.115. The number of hydrogen-bond acceptors (Lipinski definition) is 2. The van der Waals surface area contributed by atoms with Gasteiger partial charge in [0.25, 0.3) is 0 Å². The third kappa shape index (κ3) is 3.45. The third-order valence-corrected chi connectivity index (χ3v) is 3.73. The Hall–Kier alpha value is -2.24. The topological polar surface area (TPSA) is 29.5 Å². The van der Waals surface area contributed by atoms with Gasteiger partial charge in [-0.1, -0.05) is 30.0 Å². The Bertz CT molecular complexity index is 675. The second-order valence-electron chi connectivity index (χ2n) is 5.23. The Kier molecular flexibility index (Phi) is 4.23. The highest BCUT2D eigenvalue weighted by molar-refractivity contribution is 5.39. The first-order valence-electron chi connectivity index (χ1n) is 7.28. The van der Waals surface area contributed by atoms with E-state index in [1.165, 1.54) is 36.0 Å². The van der Waals surface area contributed by atoms with Crippen molar-refractivity contribution in [3.8, 4) is 17.6 Å². The van der Waals surface area contributed by atoms with E-state index in [2.05, 4.69) is 30.0 Å². The highest BCUT2D eigenvalue weighted by atomic mass is 16.5. The van der Waals surface area contributed by atoms with E-state index in [-0.39, 0.29) is 6.61 Å². The van der Waals surface area contributed by atoms with Gasteiger partial charge in [0.15, 0.2) is 0 Å². The molecule has 2 heteroatoms. The maximum atomic E-state index is 8.66. The predicted molar refractivity (Wildman–Crippen MR) is 83.2 cm³/mol. The molecule has 0 heterocycles. The molecule has 2 nitrogen and oxygen atoms in total. The van der Waals surface area contributed by atoms with Gasteiger partial charge in [-0.2, -0.15) is 0 Å². The molecule has 0 spiro atoms. The first kappa shape index (κ1) is 13.7. The molecule has 0 aliphatic heterocycles. The predicted octanol–water partition coefficient (Wildman–Crippen LogP) is 3.10. The minimum Gasteiger partial charge on any atom is -0.489 e. The lowest BCUT2D eigenvalue weighted by atomic mass is 10.1. The molecule has 0 atom stereocenters. The van der Waals surface area contributed by atoms with Crippen molar-refractivity contribution in [2.45, 2.75) is 25.9 Å². The fourth-order valence-electron chi connectivity index (χ4n) is 2.66. The first-order valence-corrected chi connectivity index (χ1v) is 7.28. The van der Waals surface area contributed by atoms with Crippen LogP contribution in [0.1, 0.15) is 28.7 Å². The summed E-state index contributed by atoms with van der Waals surface area (Å²) < 4.78 is 5.81. The second kappa shape index (κ2) is 6.47. The average Bonchev–Trinajstić information content (AvgIpc) is 2.99. The Morgan fingerprint density at radius 3 is 2.62 bits per heavy atom. The first-order chi connectivity index (χ1) is 10.3. The lowest BCUT2D eigenvalue weighted by Gasteiger charge is -2.08. The van der Waals surface area contributed by atoms with Crippen LogP contribution in [0, 0.1) is 11.8 Å². The van der Waals surface area contributed by atoms with Crippen LogP contribution in [0.15, 0.2) is 42.5 Å². The fourth-order valence-corrected chi connectivity index (χ4v) is 2.66. The van der Waals surface area contributed by atoms with Gasteiger partial charge in [0, 0.05) is 5.56 Å². The summed E-state index contributed by atoms with van der Waals surface area (Å²) in [6, 6.07) is 14.3. The number of aliphatic hydroxyl groups is 1. The summed E-state index contributed by atoms with van der Waals surface area (Å²) in [6.45, 7) is 0.478.